The number of rotatable bonds is 6. The standard InChI is InChI=1S/C16H16N2O4/c1-22-14-7-3-2-5-11(14)9-13(16(20)21)18-15(19)12-6-4-8-17-10-12/h2-8,10,13H,9H2,1H3,(H,18,19)(H,20,21)/t13-/m0/s1. The molecule has 2 N–H and O–H groups in total. The Morgan fingerprint density at radius 1 is 1.27 bits per heavy atom. The van der Waals surface area contributed by atoms with Crippen molar-refractivity contribution in [3.63, 3.8) is 0 Å². The Bertz CT molecular complexity index is 658. The fraction of sp³-hybridized carbons (Fsp3) is 0.188. The topological polar surface area (TPSA) is 88.5 Å². The third-order valence-corrected chi connectivity index (χ3v) is 3.14. The maximum Gasteiger partial charge on any atom is 0.326 e. The highest BCUT2D eigenvalue weighted by Crippen LogP contribution is 2.19. The summed E-state index contributed by atoms with van der Waals surface area (Å²) in [5, 5.41) is 11.8. The van der Waals surface area contributed by atoms with Crippen molar-refractivity contribution in [2.45, 2.75) is 12.5 Å². The molecule has 1 amide bonds. The molecule has 0 fully saturated rings. The molecule has 22 heavy (non-hydrogen) atoms. The van der Waals surface area contributed by atoms with Crippen molar-refractivity contribution in [3.05, 3.63) is 59.9 Å². The van der Waals surface area contributed by atoms with Crippen LogP contribution in [0.15, 0.2) is 48.8 Å². The molecule has 0 saturated heterocycles. The van der Waals surface area contributed by atoms with Gasteiger partial charge in [0.15, 0.2) is 0 Å². The van der Waals surface area contributed by atoms with Gasteiger partial charge in [-0.3, -0.25) is 9.78 Å². The van der Waals surface area contributed by atoms with E-state index < -0.39 is 17.9 Å². The number of aromatic nitrogens is 1. The van der Waals surface area contributed by atoms with Gasteiger partial charge in [-0.25, -0.2) is 4.79 Å². The summed E-state index contributed by atoms with van der Waals surface area (Å²) < 4.78 is 5.20. The fourth-order valence-corrected chi connectivity index (χ4v) is 2.03. The summed E-state index contributed by atoms with van der Waals surface area (Å²) in [5.74, 6) is -0.997. The molecule has 0 spiro atoms. The molecular weight excluding hydrogens is 284 g/mol. The Balaban J connectivity index is 2.14. The van der Waals surface area contributed by atoms with Crippen molar-refractivity contribution >= 4 is 11.9 Å². The SMILES string of the molecule is COc1ccccc1C[C@H](NC(=O)c1cccnc1)C(=O)O. The van der Waals surface area contributed by atoms with E-state index in [1.165, 1.54) is 13.3 Å². The van der Waals surface area contributed by atoms with Crippen LogP contribution in [-0.4, -0.2) is 35.1 Å². The number of nitrogens with zero attached hydrogens (tertiary/aromatic N) is 1. The van der Waals surface area contributed by atoms with Gasteiger partial charge in [0.2, 0.25) is 0 Å². The number of carboxylic acids is 1. The normalized spacial score (nSPS) is 11.5. The van der Waals surface area contributed by atoms with Crippen LogP contribution in [0.1, 0.15) is 15.9 Å². The predicted octanol–water partition coefficient (Wildman–Crippen LogP) is 1.52. The molecule has 0 radical (unpaired) electrons. The Labute approximate surface area is 127 Å². The van der Waals surface area contributed by atoms with Crippen molar-refractivity contribution in [2.24, 2.45) is 0 Å². The van der Waals surface area contributed by atoms with Gasteiger partial charge in [0.1, 0.15) is 11.8 Å². The summed E-state index contributed by atoms with van der Waals surface area (Å²) in [6, 6.07) is 9.24. The average Bonchev–Trinajstić information content (AvgIpc) is 2.55. The van der Waals surface area contributed by atoms with Gasteiger partial charge in [-0.05, 0) is 23.8 Å². The highest BCUT2D eigenvalue weighted by Gasteiger charge is 2.22. The zero-order valence-electron chi connectivity index (χ0n) is 12.0. The van der Waals surface area contributed by atoms with Gasteiger partial charge in [0.05, 0.1) is 12.7 Å². The highest BCUT2D eigenvalue weighted by atomic mass is 16.5. The van der Waals surface area contributed by atoms with Gasteiger partial charge < -0.3 is 15.2 Å². The minimum atomic E-state index is -1.11. The first-order valence-electron chi connectivity index (χ1n) is 6.67. The van der Waals surface area contributed by atoms with E-state index in [9.17, 15) is 14.7 Å². The van der Waals surface area contributed by atoms with Gasteiger partial charge in [0, 0.05) is 18.8 Å². The Hall–Kier alpha value is -2.89. The second kappa shape index (κ2) is 7.21. The van der Waals surface area contributed by atoms with Crippen LogP contribution in [0.25, 0.3) is 0 Å². The first-order valence-corrected chi connectivity index (χ1v) is 6.67. The zero-order chi connectivity index (χ0) is 15.9. The lowest BCUT2D eigenvalue weighted by Gasteiger charge is -2.16. The molecule has 6 heteroatoms. The number of ether oxygens (including phenoxy) is 1. The van der Waals surface area contributed by atoms with E-state index in [0.29, 0.717) is 16.9 Å². The number of hydrogen-bond donors (Lipinski definition) is 2. The maximum atomic E-state index is 12.1. The van der Waals surface area contributed by atoms with Crippen LogP contribution in [0.3, 0.4) is 0 Å². The lowest BCUT2D eigenvalue weighted by molar-refractivity contribution is -0.139. The molecule has 1 heterocycles. The van der Waals surface area contributed by atoms with E-state index >= 15 is 0 Å². The first-order chi connectivity index (χ1) is 10.6. The quantitative estimate of drug-likeness (QED) is 0.844. The summed E-state index contributed by atoms with van der Waals surface area (Å²) in [5.41, 5.74) is 1.03. The van der Waals surface area contributed by atoms with Gasteiger partial charge in [-0.1, -0.05) is 18.2 Å². The van der Waals surface area contributed by atoms with Crippen LogP contribution in [0.5, 0.6) is 5.75 Å². The summed E-state index contributed by atoms with van der Waals surface area (Å²) in [6.45, 7) is 0. The van der Waals surface area contributed by atoms with E-state index in [2.05, 4.69) is 10.3 Å². The van der Waals surface area contributed by atoms with Crippen LogP contribution >= 0.6 is 0 Å². The van der Waals surface area contributed by atoms with E-state index in [4.69, 9.17) is 4.74 Å². The van der Waals surface area contributed by atoms with Crippen molar-refractivity contribution in [2.75, 3.05) is 7.11 Å². The number of aliphatic carboxylic acids is 1. The summed E-state index contributed by atoms with van der Waals surface area (Å²) in [4.78, 5) is 27.3. The number of carboxylic acid groups (broad SMARTS) is 1. The second-order valence-electron chi connectivity index (χ2n) is 4.62. The second-order valence-corrected chi connectivity index (χ2v) is 4.62. The Kier molecular flexibility index (Phi) is 5.08. The molecule has 0 saturated carbocycles. The smallest absolute Gasteiger partial charge is 0.326 e. The van der Waals surface area contributed by atoms with Crippen LogP contribution in [0.4, 0.5) is 0 Å². The third kappa shape index (κ3) is 3.82. The lowest BCUT2D eigenvalue weighted by atomic mass is 10.0. The molecule has 0 aliphatic rings. The van der Waals surface area contributed by atoms with Crippen molar-refractivity contribution in [1.29, 1.82) is 0 Å². The molecule has 0 aliphatic heterocycles. The number of para-hydroxylation sites is 1. The van der Waals surface area contributed by atoms with Crippen molar-refractivity contribution < 1.29 is 19.4 Å². The number of hydrogen-bond acceptors (Lipinski definition) is 4. The predicted molar refractivity (Wildman–Crippen MR) is 79.8 cm³/mol. The zero-order valence-corrected chi connectivity index (χ0v) is 12.0. The van der Waals surface area contributed by atoms with E-state index in [0.717, 1.165) is 0 Å². The first kappa shape index (κ1) is 15.5. The fourth-order valence-electron chi connectivity index (χ4n) is 2.03. The number of carbonyl (C=O) groups excluding carboxylic acids is 1. The molecule has 2 aromatic rings. The summed E-state index contributed by atoms with van der Waals surface area (Å²) in [6.07, 6.45) is 3.06. The number of amides is 1. The van der Waals surface area contributed by atoms with Gasteiger partial charge >= 0.3 is 5.97 Å². The van der Waals surface area contributed by atoms with Gasteiger partial charge in [-0.2, -0.15) is 0 Å². The number of methoxy groups -OCH3 is 1. The number of nitrogens with one attached hydrogen (secondary N) is 1. The molecule has 0 bridgehead atoms. The van der Waals surface area contributed by atoms with E-state index in [1.54, 1.807) is 42.6 Å². The largest absolute Gasteiger partial charge is 0.496 e. The number of pyridine rings is 1. The molecular formula is C16H16N2O4. The Morgan fingerprint density at radius 2 is 2.05 bits per heavy atom. The molecule has 1 atom stereocenters. The minimum Gasteiger partial charge on any atom is -0.496 e. The van der Waals surface area contributed by atoms with Crippen LogP contribution in [0, 0.1) is 0 Å². The van der Waals surface area contributed by atoms with Gasteiger partial charge in [-0.15, -0.1) is 0 Å². The van der Waals surface area contributed by atoms with Crippen molar-refractivity contribution in [1.82, 2.24) is 10.3 Å². The number of carbonyl (C=O) groups is 2. The van der Waals surface area contributed by atoms with E-state index in [1.807, 2.05) is 0 Å². The van der Waals surface area contributed by atoms with E-state index in [-0.39, 0.29) is 6.42 Å². The average molecular weight is 300 g/mol. The number of benzene rings is 1. The van der Waals surface area contributed by atoms with Crippen molar-refractivity contribution in [3.8, 4) is 5.75 Å². The summed E-state index contributed by atoms with van der Waals surface area (Å²) >= 11 is 0. The Morgan fingerprint density at radius 3 is 2.68 bits per heavy atom. The highest BCUT2D eigenvalue weighted by molar-refractivity contribution is 5.96. The van der Waals surface area contributed by atoms with Crippen LogP contribution in [-0.2, 0) is 11.2 Å². The molecule has 0 aliphatic carbocycles. The molecule has 6 nitrogen and oxygen atoms in total. The van der Waals surface area contributed by atoms with Crippen LogP contribution in [0.2, 0.25) is 0 Å². The molecule has 2 rings (SSSR count). The maximum absolute atomic E-state index is 12.1. The van der Waals surface area contributed by atoms with Gasteiger partial charge in [0.25, 0.3) is 5.91 Å². The minimum absolute atomic E-state index is 0.130. The molecule has 1 aromatic carbocycles. The van der Waals surface area contributed by atoms with Crippen LogP contribution < -0.4 is 10.1 Å². The lowest BCUT2D eigenvalue weighted by Crippen LogP contribution is -2.42. The molecule has 1 aromatic heterocycles. The molecule has 114 valence electrons. The molecule has 0 unspecified atom stereocenters. The monoisotopic (exact) mass is 300 g/mol. The summed E-state index contributed by atoms with van der Waals surface area (Å²) in [7, 11) is 1.52. The third-order valence-electron chi connectivity index (χ3n) is 3.14.